The number of rotatable bonds is 2. The number of likely N-dealkylation sites (tertiary alicyclic amines) is 1. The van der Waals surface area contributed by atoms with E-state index in [1.54, 1.807) is 0 Å². The van der Waals surface area contributed by atoms with Crippen molar-refractivity contribution in [2.75, 3.05) is 13.1 Å². The second-order valence-electron chi connectivity index (χ2n) is 3.53. The van der Waals surface area contributed by atoms with E-state index in [4.69, 9.17) is 18.1 Å². The Bertz CT molecular complexity index is 200. The van der Waals surface area contributed by atoms with Gasteiger partial charge in [0.15, 0.2) is 5.11 Å². The minimum atomic E-state index is 0.233. The molecule has 4 nitrogen and oxygen atoms in total. The van der Waals surface area contributed by atoms with E-state index in [9.17, 15) is 4.79 Å². The van der Waals surface area contributed by atoms with Gasteiger partial charge in [0.05, 0.1) is 0 Å². The number of nitrogens with one attached hydrogen (secondary N) is 1. The van der Waals surface area contributed by atoms with E-state index in [2.05, 4.69) is 5.43 Å². The van der Waals surface area contributed by atoms with Crippen LogP contribution in [-0.4, -0.2) is 28.9 Å². The number of piperidine rings is 1. The largest absolute Gasteiger partial charge is 0.348 e. The summed E-state index contributed by atoms with van der Waals surface area (Å²) in [4.78, 5) is 13.4. The average molecular weight is 215 g/mol. The number of carbonyl (C=O) groups is 1. The first-order valence-corrected chi connectivity index (χ1v) is 5.38. The summed E-state index contributed by atoms with van der Waals surface area (Å²) in [7, 11) is 0. The summed E-state index contributed by atoms with van der Waals surface area (Å²) in [6.45, 7) is 3.58. The van der Waals surface area contributed by atoms with Crippen molar-refractivity contribution in [3.05, 3.63) is 0 Å². The molecule has 3 N–H and O–H groups in total. The van der Waals surface area contributed by atoms with Crippen LogP contribution in [0.15, 0.2) is 0 Å². The van der Waals surface area contributed by atoms with Crippen molar-refractivity contribution in [1.29, 1.82) is 0 Å². The minimum Gasteiger partial charge on any atom is -0.348 e. The molecule has 1 fully saturated rings. The first-order chi connectivity index (χ1) is 6.69. The monoisotopic (exact) mass is 215 g/mol. The number of ketones is 1. The van der Waals surface area contributed by atoms with Crippen LogP contribution in [0.2, 0.25) is 0 Å². The summed E-state index contributed by atoms with van der Waals surface area (Å²) in [5.74, 6) is 5.83. The predicted octanol–water partition coefficient (Wildman–Crippen LogP) is 0.426. The number of Topliss-reactive ketones (excluding diaryl/α,β-unsaturated/α-hetero) is 1. The second-order valence-corrected chi connectivity index (χ2v) is 3.92. The lowest BCUT2D eigenvalue weighted by Crippen LogP contribution is -2.47. The van der Waals surface area contributed by atoms with Crippen LogP contribution >= 0.6 is 12.2 Å². The first kappa shape index (κ1) is 11.4. The molecule has 0 unspecified atom stereocenters. The summed E-state index contributed by atoms with van der Waals surface area (Å²) in [5, 5.41) is 0.576. The number of hydrogen-bond donors (Lipinski definition) is 2. The Morgan fingerprint density at radius 2 is 2.14 bits per heavy atom. The highest BCUT2D eigenvalue weighted by atomic mass is 32.1. The zero-order valence-electron chi connectivity index (χ0n) is 8.45. The van der Waals surface area contributed by atoms with Crippen molar-refractivity contribution in [3.63, 3.8) is 0 Å². The summed E-state index contributed by atoms with van der Waals surface area (Å²) >= 11 is 5.01. The summed E-state index contributed by atoms with van der Waals surface area (Å²) in [5.41, 5.74) is 2.47. The van der Waals surface area contributed by atoms with Crippen LogP contribution < -0.4 is 11.3 Å². The fourth-order valence-electron chi connectivity index (χ4n) is 1.78. The van der Waals surface area contributed by atoms with Gasteiger partial charge in [0.1, 0.15) is 5.78 Å². The Morgan fingerprint density at radius 1 is 1.57 bits per heavy atom. The van der Waals surface area contributed by atoms with Crippen molar-refractivity contribution in [2.24, 2.45) is 11.8 Å². The number of nitrogens with zero attached hydrogens (tertiary/aromatic N) is 1. The van der Waals surface area contributed by atoms with Crippen molar-refractivity contribution < 1.29 is 4.79 Å². The van der Waals surface area contributed by atoms with Gasteiger partial charge in [-0.25, -0.2) is 5.84 Å². The molecule has 0 saturated carbocycles. The number of nitrogens with two attached hydrogens (primary N) is 1. The lowest BCUT2D eigenvalue weighted by atomic mass is 9.91. The van der Waals surface area contributed by atoms with Gasteiger partial charge in [-0.1, -0.05) is 6.92 Å². The molecule has 1 aliphatic heterocycles. The van der Waals surface area contributed by atoms with E-state index in [1.807, 2.05) is 11.8 Å². The maximum atomic E-state index is 11.4. The zero-order chi connectivity index (χ0) is 10.6. The Labute approximate surface area is 89.8 Å². The molecule has 1 rings (SSSR count). The van der Waals surface area contributed by atoms with Gasteiger partial charge in [-0.3, -0.25) is 4.79 Å². The van der Waals surface area contributed by atoms with Gasteiger partial charge < -0.3 is 10.3 Å². The standard InChI is InChI=1S/C9H17N3OS/c1-2-8(13)7-3-5-12(6-4-7)9(14)11-10/h7H,2-6,10H2,1H3,(H,11,14). The van der Waals surface area contributed by atoms with Crippen LogP contribution in [0.5, 0.6) is 0 Å². The molecule has 0 amide bonds. The van der Waals surface area contributed by atoms with Gasteiger partial charge in [-0.2, -0.15) is 0 Å². The molecule has 14 heavy (non-hydrogen) atoms. The molecule has 0 aromatic rings. The van der Waals surface area contributed by atoms with Crippen LogP contribution in [0, 0.1) is 5.92 Å². The molecule has 1 aliphatic rings. The first-order valence-electron chi connectivity index (χ1n) is 4.97. The van der Waals surface area contributed by atoms with E-state index in [0.717, 1.165) is 25.9 Å². The Hall–Kier alpha value is -0.680. The van der Waals surface area contributed by atoms with Crippen molar-refractivity contribution in [1.82, 2.24) is 10.3 Å². The molecule has 80 valence electrons. The normalized spacial score (nSPS) is 18.0. The van der Waals surface area contributed by atoms with E-state index in [1.165, 1.54) is 0 Å². The Kier molecular flexibility index (Phi) is 4.28. The van der Waals surface area contributed by atoms with Gasteiger partial charge in [0.2, 0.25) is 0 Å². The van der Waals surface area contributed by atoms with E-state index in [-0.39, 0.29) is 5.92 Å². The molecule has 0 bridgehead atoms. The van der Waals surface area contributed by atoms with E-state index < -0.39 is 0 Å². The van der Waals surface area contributed by atoms with Gasteiger partial charge in [-0.15, -0.1) is 0 Å². The molecule has 0 spiro atoms. The maximum Gasteiger partial charge on any atom is 0.183 e. The number of carbonyl (C=O) groups excluding carboxylic acids is 1. The average Bonchev–Trinajstić information content (AvgIpc) is 2.27. The molecule has 0 radical (unpaired) electrons. The SMILES string of the molecule is CCC(=O)C1CCN(C(=S)NN)CC1. The van der Waals surface area contributed by atoms with Gasteiger partial charge in [0, 0.05) is 25.4 Å². The predicted molar refractivity (Wildman–Crippen MR) is 59.5 cm³/mol. The lowest BCUT2D eigenvalue weighted by molar-refractivity contribution is -0.123. The zero-order valence-corrected chi connectivity index (χ0v) is 9.27. The number of thiocarbonyl (C=S) groups is 1. The molecule has 0 atom stereocenters. The topological polar surface area (TPSA) is 58.4 Å². The molecule has 0 aromatic heterocycles. The summed E-state index contributed by atoms with van der Waals surface area (Å²) < 4.78 is 0. The molecular weight excluding hydrogens is 198 g/mol. The molecule has 1 heterocycles. The third kappa shape index (κ3) is 2.65. The van der Waals surface area contributed by atoms with Crippen LogP contribution in [0.4, 0.5) is 0 Å². The fraction of sp³-hybridized carbons (Fsp3) is 0.778. The smallest absolute Gasteiger partial charge is 0.183 e. The van der Waals surface area contributed by atoms with Crippen molar-refractivity contribution in [2.45, 2.75) is 26.2 Å². The molecular formula is C9H17N3OS. The maximum absolute atomic E-state index is 11.4. The molecule has 5 heteroatoms. The third-order valence-electron chi connectivity index (χ3n) is 2.71. The van der Waals surface area contributed by atoms with Crippen LogP contribution in [-0.2, 0) is 4.79 Å². The highest BCUT2D eigenvalue weighted by Gasteiger charge is 2.24. The van der Waals surface area contributed by atoms with Gasteiger partial charge >= 0.3 is 0 Å². The van der Waals surface area contributed by atoms with Crippen LogP contribution in [0.3, 0.4) is 0 Å². The third-order valence-corrected chi connectivity index (χ3v) is 3.09. The van der Waals surface area contributed by atoms with E-state index in [0.29, 0.717) is 17.3 Å². The molecule has 0 aliphatic carbocycles. The highest BCUT2D eigenvalue weighted by molar-refractivity contribution is 7.80. The fourth-order valence-corrected chi connectivity index (χ4v) is 1.97. The molecule has 0 aromatic carbocycles. The Balaban J connectivity index is 2.38. The lowest BCUT2D eigenvalue weighted by Gasteiger charge is -2.32. The Morgan fingerprint density at radius 3 is 2.57 bits per heavy atom. The molecule has 1 saturated heterocycles. The summed E-state index contributed by atoms with van der Waals surface area (Å²) in [6, 6.07) is 0. The van der Waals surface area contributed by atoms with Gasteiger partial charge in [-0.05, 0) is 25.1 Å². The van der Waals surface area contributed by atoms with Gasteiger partial charge in [0.25, 0.3) is 0 Å². The van der Waals surface area contributed by atoms with Crippen LogP contribution in [0.1, 0.15) is 26.2 Å². The second kappa shape index (κ2) is 5.26. The van der Waals surface area contributed by atoms with Crippen molar-refractivity contribution >= 4 is 23.1 Å². The summed E-state index contributed by atoms with van der Waals surface area (Å²) in [6.07, 6.45) is 2.44. The quantitative estimate of drug-likeness (QED) is 0.397. The van der Waals surface area contributed by atoms with Crippen LogP contribution in [0.25, 0.3) is 0 Å². The minimum absolute atomic E-state index is 0.233. The van der Waals surface area contributed by atoms with E-state index >= 15 is 0 Å². The van der Waals surface area contributed by atoms with Crippen molar-refractivity contribution in [3.8, 4) is 0 Å². The number of hydrazine groups is 1. The number of hydrogen-bond acceptors (Lipinski definition) is 3. The highest BCUT2D eigenvalue weighted by Crippen LogP contribution is 2.19.